The smallest absolute Gasteiger partial charge is 0.230 e. The van der Waals surface area contributed by atoms with Gasteiger partial charge >= 0.3 is 0 Å². The molecule has 1 saturated heterocycles. The van der Waals surface area contributed by atoms with Crippen LogP contribution in [0.25, 0.3) is 0 Å². The standard InChI is InChI=1S/C15H24N2O2/c1-11(2)15(7-8-16-10-15)14(18)17(4)9-13-6-5-12(3)19-13/h5-6,11,16H,7-10H2,1-4H3. The highest BCUT2D eigenvalue weighted by molar-refractivity contribution is 5.83. The van der Waals surface area contributed by atoms with Crippen LogP contribution in [-0.4, -0.2) is 30.9 Å². The second kappa shape index (κ2) is 5.37. The molecule has 0 aromatic carbocycles. The van der Waals surface area contributed by atoms with Crippen LogP contribution in [0, 0.1) is 18.3 Å². The van der Waals surface area contributed by atoms with Crippen LogP contribution in [0.4, 0.5) is 0 Å². The first-order valence-corrected chi connectivity index (χ1v) is 6.97. The molecule has 106 valence electrons. The van der Waals surface area contributed by atoms with Crippen molar-refractivity contribution in [1.82, 2.24) is 10.2 Å². The van der Waals surface area contributed by atoms with E-state index in [1.54, 1.807) is 4.90 Å². The maximum absolute atomic E-state index is 12.8. The van der Waals surface area contributed by atoms with Gasteiger partial charge in [0.15, 0.2) is 0 Å². The number of carbonyl (C=O) groups is 1. The Morgan fingerprint density at radius 3 is 2.74 bits per heavy atom. The van der Waals surface area contributed by atoms with E-state index in [1.165, 1.54) is 0 Å². The van der Waals surface area contributed by atoms with E-state index in [-0.39, 0.29) is 11.3 Å². The molecule has 0 saturated carbocycles. The van der Waals surface area contributed by atoms with Gasteiger partial charge in [0.1, 0.15) is 11.5 Å². The molecule has 2 heterocycles. The quantitative estimate of drug-likeness (QED) is 0.906. The van der Waals surface area contributed by atoms with E-state index in [4.69, 9.17) is 4.42 Å². The fraction of sp³-hybridized carbons (Fsp3) is 0.667. The summed E-state index contributed by atoms with van der Waals surface area (Å²) in [7, 11) is 1.86. The van der Waals surface area contributed by atoms with Gasteiger partial charge in [0.2, 0.25) is 5.91 Å². The molecule has 1 N–H and O–H groups in total. The zero-order chi connectivity index (χ0) is 14.0. The first-order valence-electron chi connectivity index (χ1n) is 6.97. The Labute approximate surface area is 115 Å². The lowest BCUT2D eigenvalue weighted by molar-refractivity contribution is -0.143. The average Bonchev–Trinajstić information content (AvgIpc) is 2.98. The van der Waals surface area contributed by atoms with Gasteiger partial charge in [-0.15, -0.1) is 0 Å². The molecule has 19 heavy (non-hydrogen) atoms. The maximum Gasteiger partial charge on any atom is 0.230 e. The monoisotopic (exact) mass is 264 g/mol. The molecule has 1 aliphatic rings. The van der Waals surface area contributed by atoms with Gasteiger partial charge in [-0.25, -0.2) is 0 Å². The summed E-state index contributed by atoms with van der Waals surface area (Å²) in [6.07, 6.45) is 0.922. The molecule has 2 rings (SSSR count). The van der Waals surface area contributed by atoms with Crippen LogP contribution in [0.5, 0.6) is 0 Å². The number of aryl methyl sites for hydroxylation is 1. The van der Waals surface area contributed by atoms with Crippen molar-refractivity contribution in [2.24, 2.45) is 11.3 Å². The first-order chi connectivity index (χ1) is 8.95. The summed E-state index contributed by atoms with van der Waals surface area (Å²) in [4.78, 5) is 14.6. The number of hydrogen-bond acceptors (Lipinski definition) is 3. The zero-order valence-corrected chi connectivity index (χ0v) is 12.3. The van der Waals surface area contributed by atoms with Gasteiger partial charge in [0, 0.05) is 13.6 Å². The van der Waals surface area contributed by atoms with E-state index < -0.39 is 0 Å². The normalized spacial score (nSPS) is 23.0. The molecule has 0 aliphatic carbocycles. The van der Waals surface area contributed by atoms with E-state index in [1.807, 2.05) is 26.1 Å². The second-order valence-corrected chi connectivity index (χ2v) is 5.91. The molecule has 0 radical (unpaired) electrons. The predicted molar refractivity (Wildman–Crippen MR) is 74.7 cm³/mol. The molecule has 0 spiro atoms. The van der Waals surface area contributed by atoms with Crippen LogP contribution in [0.1, 0.15) is 31.8 Å². The Morgan fingerprint density at radius 1 is 1.53 bits per heavy atom. The number of amides is 1. The lowest BCUT2D eigenvalue weighted by Crippen LogP contribution is -2.46. The van der Waals surface area contributed by atoms with Gasteiger partial charge in [0.25, 0.3) is 0 Å². The Morgan fingerprint density at radius 2 is 2.26 bits per heavy atom. The lowest BCUT2D eigenvalue weighted by atomic mass is 9.75. The van der Waals surface area contributed by atoms with Crippen LogP contribution in [0.3, 0.4) is 0 Å². The third kappa shape index (κ3) is 2.68. The van der Waals surface area contributed by atoms with Crippen molar-refractivity contribution in [1.29, 1.82) is 0 Å². The van der Waals surface area contributed by atoms with Gasteiger partial charge in [-0.05, 0) is 37.9 Å². The Balaban J connectivity index is 2.09. The summed E-state index contributed by atoms with van der Waals surface area (Å²) >= 11 is 0. The minimum atomic E-state index is -0.254. The highest BCUT2D eigenvalue weighted by Crippen LogP contribution is 2.36. The third-order valence-corrected chi connectivity index (χ3v) is 4.26. The molecule has 1 aromatic heterocycles. The summed E-state index contributed by atoms with van der Waals surface area (Å²) in [6, 6.07) is 3.87. The summed E-state index contributed by atoms with van der Waals surface area (Å²) in [6.45, 7) is 8.44. The molecule has 4 nitrogen and oxygen atoms in total. The van der Waals surface area contributed by atoms with Crippen molar-refractivity contribution in [2.75, 3.05) is 20.1 Å². The van der Waals surface area contributed by atoms with E-state index in [9.17, 15) is 4.79 Å². The van der Waals surface area contributed by atoms with Crippen molar-refractivity contribution in [3.05, 3.63) is 23.7 Å². The van der Waals surface area contributed by atoms with Crippen LogP contribution in [0.15, 0.2) is 16.5 Å². The summed E-state index contributed by atoms with van der Waals surface area (Å²) in [5.41, 5.74) is -0.254. The molecule has 0 bridgehead atoms. The van der Waals surface area contributed by atoms with Gasteiger partial charge in [-0.2, -0.15) is 0 Å². The average molecular weight is 264 g/mol. The minimum Gasteiger partial charge on any atom is -0.464 e. The fourth-order valence-corrected chi connectivity index (χ4v) is 2.89. The van der Waals surface area contributed by atoms with Crippen LogP contribution < -0.4 is 5.32 Å². The van der Waals surface area contributed by atoms with Crippen molar-refractivity contribution in [3.8, 4) is 0 Å². The number of rotatable bonds is 4. The molecular weight excluding hydrogens is 240 g/mol. The molecule has 1 atom stereocenters. The number of nitrogens with one attached hydrogen (secondary N) is 1. The molecule has 1 amide bonds. The van der Waals surface area contributed by atoms with E-state index in [0.29, 0.717) is 12.5 Å². The first kappa shape index (κ1) is 14.1. The second-order valence-electron chi connectivity index (χ2n) is 5.91. The predicted octanol–water partition coefficient (Wildman–Crippen LogP) is 2.18. The van der Waals surface area contributed by atoms with Gasteiger partial charge < -0.3 is 14.6 Å². The zero-order valence-electron chi connectivity index (χ0n) is 12.3. The van der Waals surface area contributed by atoms with Crippen LogP contribution >= 0.6 is 0 Å². The highest BCUT2D eigenvalue weighted by Gasteiger charge is 2.45. The molecule has 1 fully saturated rings. The number of hydrogen-bond donors (Lipinski definition) is 1. The molecule has 1 unspecified atom stereocenters. The van der Waals surface area contributed by atoms with Crippen molar-refractivity contribution in [3.63, 3.8) is 0 Å². The Hall–Kier alpha value is -1.29. The summed E-state index contributed by atoms with van der Waals surface area (Å²) in [5.74, 6) is 2.30. The van der Waals surface area contributed by atoms with Crippen molar-refractivity contribution >= 4 is 5.91 Å². The summed E-state index contributed by atoms with van der Waals surface area (Å²) in [5, 5.41) is 3.33. The van der Waals surface area contributed by atoms with Gasteiger partial charge in [-0.1, -0.05) is 13.8 Å². The molecular formula is C15H24N2O2. The van der Waals surface area contributed by atoms with Gasteiger partial charge in [-0.3, -0.25) is 4.79 Å². The largest absolute Gasteiger partial charge is 0.464 e. The Bertz CT molecular complexity index is 445. The number of carbonyl (C=O) groups excluding carboxylic acids is 1. The van der Waals surface area contributed by atoms with E-state index in [0.717, 1.165) is 31.0 Å². The van der Waals surface area contributed by atoms with Crippen LogP contribution in [0.2, 0.25) is 0 Å². The molecule has 1 aliphatic heterocycles. The topological polar surface area (TPSA) is 45.5 Å². The fourth-order valence-electron chi connectivity index (χ4n) is 2.89. The minimum absolute atomic E-state index is 0.224. The SMILES string of the molecule is Cc1ccc(CN(C)C(=O)C2(C(C)C)CCNC2)o1. The Kier molecular flexibility index (Phi) is 3.99. The molecule has 1 aromatic rings. The van der Waals surface area contributed by atoms with Gasteiger partial charge in [0.05, 0.1) is 12.0 Å². The summed E-state index contributed by atoms with van der Waals surface area (Å²) < 4.78 is 5.55. The number of nitrogens with zero attached hydrogens (tertiary/aromatic N) is 1. The third-order valence-electron chi connectivity index (χ3n) is 4.26. The van der Waals surface area contributed by atoms with Crippen molar-refractivity contribution in [2.45, 2.75) is 33.7 Å². The maximum atomic E-state index is 12.8. The van der Waals surface area contributed by atoms with E-state index >= 15 is 0 Å². The highest BCUT2D eigenvalue weighted by atomic mass is 16.3. The lowest BCUT2D eigenvalue weighted by Gasteiger charge is -2.34. The number of furan rings is 1. The van der Waals surface area contributed by atoms with Crippen molar-refractivity contribution < 1.29 is 9.21 Å². The van der Waals surface area contributed by atoms with Crippen LogP contribution in [-0.2, 0) is 11.3 Å². The molecule has 4 heteroatoms. The van der Waals surface area contributed by atoms with E-state index in [2.05, 4.69) is 19.2 Å².